The smallest absolute Gasteiger partial charge is 0.0594 e. The van der Waals surface area contributed by atoms with Gasteiger partial charge in [0.2, 0.25) is 0 Å². The Labute approximate surface area is 75.9 Å². The van der Waals surface area contributed by atoms with Crippen LogP contribution in [0, 0.1) is 5.41 Å². The van der Waals surface area contributed by atoms with Crippen molar-refractivity contribution in [2.75, 3.05) is 13.2 Å². The fraction of sp³-hybridized carbons (Fsp3) is 1.00. The lowest BCUT2D eigenvalue weighted by atomic mass is 9.98. The summed E-state index contributed by atoms with van der Waals surface area (Å²) in [5.41, 5.74) is 0.225. The Kier molecular flexibility index (Phi) is 5.51. The second kappa shape index (κ2) is 5.55. The largest absolute Gasteiger partial charge is 0.396 e. The highest BCUT2D eigenvalue weighted by atomic mass is 16.5. The van der Waals surface area contributed by atoms with E-state index < -0.39 is 0 Å². The number of hydrogen-bond donors (Lipinski definition) is 1. The molecule has 0 saturated heterocycles. The van der Waals surface area contributed by atoms with Crippen LogP contribution in [0.3, 0.4) is 0 Å². The number of ether oxygens (including phenoxy) is 1. The summed E-state index contributed by atoms with van der Waals surface area (Å²) >= 11 is 0. The molecule has 0 aromatic carbocycles. The third kappa shape index (κ3) is 6.62. The second-order valence-electron chi connectivity index (χ2n) is 4.41. The highest BCUT2D eigenvalue weighted by Crippen LogP contribution is 2.15. The molecule has 0 fully saturated rings. The van der Waals surface area contributed by atoms with Crippen LogP contribution in [0.5, 0.6) is 0 Å². The molecule has 0 aliphatic heterocycles. The lowest BCUT2D eigenvalue weighted by Crippen LogP contribution is -2.22. The van der Waals surface area contributed by atoms with E-state index in [2.05, 4.69) is 27.7 Å². The van der Waals surface area contributed by atoms with E-state index >= 15 is 0 Å². The van der Waals surface area contributed by atoms with Crippen LogP contribution in [0.2, 0.25) is 0 Å². The van der Waals surface area contributed by atoms with E-state index in [1.165, 1.54) is 0 Å². The van der Waals surface area contributed by atoms with Crippen molar-refractivity contribution in [3.63, 3.8) is 0 Å². The molecule has 0 aliphatic carbocycles. The third-order valence-electron chi connectivity index (χ3n) is 1.66. The molecule has 74 valence electrons. The topological polar surface area (TPSA) is 29.5 Å². The van der Waals surface area contributed by atoms with E-state index in [0.29, 0.717) is 0 Å². The molecule has 0 radical (unpaired) electrons. The summed E-state index contributed by atoms with van der Waals surface area (Å²) in [6.45, 7) is 9.53. The quantitative estimate of drug-likeness (QED) is 0.692. The van der Waals surface area contributed by atoms with Gasteiger partial charge in [0, 0.05) is 6.61 Å². The minimum atomic E-state index is 0.225. The first kappa shape index (κ1) is 11.9. The summed E-state index contributed by atoms with van der Waals surface area (Å²) in [6.07, 6.45) is 1.97. The van der Waals surface area contributed by atoms with Gasteiger partial charge in [-0.15, -0.1) is 0 Å². The minimum absolute atomic E-state index is 0.225. The number of rotatable bonds is 5. The Hall–Kier alpha value is -0.0800. The molecule has 1 atom stereocenters. The van der Waals surface area contributed by atoms with Crippen LogP contribution in [-0.4, -0.2) is 24.4 Å². The van der Waals surface area contributed by atoms with Gasteiger partial charge in [0.1, 0.15) is 0 Å². The van der Waals surface area contributed by atoms with Crippen LogP contribution in [0.25, 0.3) is 0 Å². The molecule has 2 nitrogen and oxygen atoms in total. The minimum Gasteiger partial charge on any atom is -0.396 e. The fourth-order valence-corrected chi connectivity index (χ4v) is 0.917. The van der Waals surface area contributed by atoms with Crippen molar-refractivity contribution in [1.29, 1.82) is 0 Å². The van der Waals surface area contributed by atoms with Crippen LogP contribution >= 0.6 is 0 Å². The molecule has 0 saturated carbocycles. The summed E-state index contributed by atoms with van der Waals surface area (Å²) in [7, 11) is 0. The summed E-state index contributed by atoms with van der Waals surface area (Å²) in [4.78, 5) is 0. The lowest BCUT2D eigenvalue weighted by Gasteiger charge is -2.22. The zero-order valence-electron chi connectivity index (χ0n) is 8.76. The van der Waals surface area contributed by atoms with Crippen molar-refractivity contribution in [1.82, 2.24) is 0 Å². The fourth-order valence-electron chi connectivity index (χ4n) is 0.917. The molecule has 0 heterocycles. The third-order valence-corrected chi connectivity index (χ3v) is 1.66. The van der Waals surface area contributed by atoms with Gasteiger partial charge >= 0.3 is 0 Å². The van der Waals surface area contributed by atoms with Gasteiger partial charge in [0.25, 0.3) is 0 Å². The molecule has 0 spiro atoms. The molecule has 1 unspecified atom stereocenters. The van der Waals surface area contributed by atoms with Crippen molar-refractivity contribution in [3.8, 4) is 0 Å². The molecule has 0 amide bonds. The van der Waals surface area contributed by atoms with Crippen molar-refractivity contribution in [3.05, 3.63) is 0 Å². The maximum atomic E-state index is 8.72. The van der Waals surface area contributed by atoms with Crippen LogP contribution in [-0.2, 0) is 4.74 Å². The highest BCUT2D eigenvalue weighted by Gasteiger charge is 2.13. The standard InChI is InChI=1S/C10H22O2/c1-5-9(6-7-11)12-8-10(2,3)4/h9,11H,5-8H2,1-4H3. The molecule has 0 aliphatic rings. The Morgan fingerprint density at radius 3 is 2.25 bits per heavy atom. The van der Waals surface area contributed by atoms with E-state index in [4.69, 9.17) is 9.84 Å². The number of aliphatic hydroxyl groups is 1. The first-order valence-corrected chi connectivity index (χ1v) is 4.72. The van der Waals surface area contributed by atoms with Gasteiger partial charge in [-0.1, -0.05) is 27.7 Å². The van der Waals surface area contributed by atoms with Crippen molar-refractivity contribution in [2.24, 2.45) is 5.41 Å². The SMILES string of the molecule is CCC(CCO)OCC(C)(C)C. The molecule has 0 rings (SSSR count). The van der Waals surface area contributed by atoms with E-state index in [1.54, 1.807) is 0 Å². The molecule has 0 aromatic heterocycles. The second-order valence-corrected chi connectivity index (χ2v) is 4.41. The first-order chi connectivity index (χ1) is 5.49. The zero-order chi connectivity index (χ0) is 9.61. The Morgan fingerprint density at radius 2 is 1.92 bits per heavy atom. The average Bonchev–Trinajstić information content (AvgIpc) is 1.96. The predicted molar refractivity (Wildman–Crippen MR) is 51.2 cm³/mol. The monoisotopic (exact) mass is 174 g/mol. The van der Waals surface area contributed by atoms with Gasteiger partial charge < -0.3 is 9.84 Å². The Morgan fingerprint density at radius 1 is 1.33 bits per heavy atom. The van der Waals surface area contributed by atoms with E-state index in [-0.39, 0.29) is 18.1 Å². The summed E-state index contributed by atoms with van der Waals surface area (Å²) in [5, 5.41) is 8.72. The maximum absolute atomic E-state index is 8.72. The lowest BCUT2D eigenvalue weighted by molar-refractivity contribution is -0.00489. The van der Waals surface area contributed by atoms with E-state index in [1.807, 2.05) is 0 Å². The van der Waals surface area contributed by atoms with Crippen LogP contribution in [0.15, 0.2) is 0 Å². The highest BCUT2D eigenvalue weighted by molar-refractivity contribution is 4.62. The van der Waals surface area contributed by atoms with E-state index in [9.17, 15) is 0 Å². The van der Waals surface area contributed by atoms with Gasteiger partial charge in [0.05, 0.1) is 12.7 Å². The Bertz CT molecular complexity index is 105. The number of hydrogen-bond acceptors (Lipinski definition) is 2. The maximum Gasteiger partial charge on any atom is 0.0594 e. The normalized spacial score (nSPS) is 14.8. The molecular formula is C10H22O2. The molecule has 0 aromatic rings. The van der Waals surface area contributed by atoms with Gasteiger partial charge in [-0.05, 0) is 18.3 Å². The van der Waals surface area contributed by atoms with Gasteiger partial charge in [-0.3, -0.25) is 0 Å². The zero-order valence-corrected chi connectivity index (χ0v) is 8.76. The predicted octanol–water partition coefficient (Wildman–Crippen LogP) is 2.21. The molecule has 12 heavy (non-hydrogen) atoms. The molecular weight excluding hydrogens is 152 g/mol. The first-order valence-electron chi connectivity index (χ1n) is 4.72. The molecule has 0 bridgehead atoms. The van der Waals surface area contributed by atoms with E-state index in [0.717, 1.165) is 19.4 Å². The Balaban J connectivity index is 3.58. The number of aliphatic hydroxyl groups excluding tert-OH is 1. The van der Waals surface area contributed by atoms with Crippen molar-refractivity contribution in [2.45, 2.75) is 46.6 Å². The summed E-state index contributed by atoms with van der Waals surface area (Å²) in [5.74, 6) is 0. The van der Waals surface area contributed by atoms with Gasteiger partial charge in [-0.2, -0.15) is 0 Å². The average molecular weight is 174 g/mol. The van der Waals surface area contributed by atoms with Crippen LogP contribution in [0.4, 0.5) is 0 Å². The van der Waals surface area contributed by atoms with Crippen molar-refractivity contribution < 1.29 is 9.84 Å². The summed E-state index contributed by atoms with van der Waals surface area (Å²) < 4.78 is 5.64. The van der Waals surface area contributed by atoms with Crippen molar-refractivity contribution >= 4 is 0 Å². The summed E-state index contributed by atoms with van der Waals surface area (Å²) in [6, 6.07) is 0. The molecule has 1 N–H and O–H groups in total. The van der Waals surface area contributed by atoms with Gasteiger partial charge in [0.15, 0.2) is 0 Å². The molecule has 2 heteroatoms. The van der Waals surface area contributed by atoms with Crippen LogP contribution in [0.1, 0.15) is 40.5 Å². The van der Waals surface area contributed by atoms with Crippen LogP contribution < -0.4 is 0 Å². The van der Waals surface area contributed by atoms with Gasteiger partial charge in [-0.25, -0.2) is 0 Å².